The summed E-state index contributed by atoms with van der Waals surface area (Å²) in [5, 5.41) is 0. The zero-order valence-corrected chi connectivity index (χ0v) is 10.6. The molecule has 0 bridgehead atoms. The molecule has 0 atom stereocenters. The molecule has 0 aliphatic heterocycles. The zero-order valence-electron chi connectivity index (χ0n) is 10.6. The first-order chi connectivity index (χ1) is 9.36. The number of carbonyl (C=O) groups is 2. The molecule has 0 saturated carbocycles. The summed E-state index contributed by atoms with van der Waals surface area (Å²) in [5.41, 5.74) is -1.06. The standard InChI is InChI=1S/C14H11F3O3/c1-2-20-13(19)5-3-4-10-6-11(9-18)8-12(7-10)14(15,16)17/h6-9H,2,5H2,1H3. The minimum absolute atomic E-state index is 0.0197. The van der Waals surface area contributed by atoms with Crippen LogP contribution >= 0.6 is 0 Å². The van der Waals surface area contributed by atoms with Crippen LogP contribution in [-0.2, 0) is 15.7 Å². The van der Waals surface area contributed by atoms with Gasteiger partial charge in [-0.15, -0.1) is 0 Å². The maximum absolute atomic E-state index is 12.6. The molecule has 0 heterocycles. The van der Waals surface area contributed by atoms with Gasteiger partial charge >= 0.3 is 12.1 Å². The normalized spacial score (nSPS) is 10.4. The van der Waals surface area contributed by atoms with E-state index in [0.29, 0.717) is 6.29 Å². The topological polar surface area (TPSA) is 43.4 Å². The Hall–Kier alpha value is -2.29. The fraction of sp³-hybridized carbons (Fsp3) is 0.286. The first-order valence-corrected chi connectivity index (χ1v) is 5.68. The van der Waals surface area contributed by atoms with E-state index in [1.807, 2.05) is 0 Å². The predicted octanol–water partition coefficient (Wildman–Crippen LogP) is 2.82. The van der Waals surface area contributed by atoms with Gasteiger partial charge in [-0.05, 0) is 25.1 Å². The van der Waals surface area contributed by atoms with Crippen molar-refractivity contribution in [2.75, 3.05) is 6.61 Å². The summed E-state index contributed by atoms with van der Waals surface area (Å²) in [4.78, 5) is 21.6. The minimum atomic E-state index is -4.56. The molecule has 0 aromatic heterocycles. The Morgan fingerprint density at radius 1 is 1.35 bits per heavy atom. The molecule has 0 N–H and O–H groups in total. The molecule has 1 aromatic carbocycles. The molecule has 20 heavy (non-hydrogen) atoms. The van der Waals surface area contributed by atoms with Crippen molar-refractivity contribution in [1.82, 2.24) is 0 Å². The number of alkyl halides is 3. The lowest BCUT2D eigenvalue weighted by Crippen LogP contribution is -2.06. The third-order valence-corrected chi connectivity index (χ3v) is 2.19. The Labute approximate surface area is 113 Å². The van der Waals surface area contributed by atoms with E-state index in [2.05, 4.69) is 16.6 Å². The Balaban J connectivity index is 2.98. The van der Waals surface area contributed by atoms with Crippen LogP contribution in [0, 0.1) is 11.8 Å². The van der Waals surface area contributed by atoms with Crippen LogP contribution in [0.5, 0.6) is 0 Å². The van der Waals surface area contributed by atoms with Crippen molar-refractivity contribution in [2.24, 2.45) is 0 Å². The van der Waals surface area contributed by atoms with Gasteiger partial charge in [0.2, 0.25) is 0 Å². The van der Waals surface area contributed by atoms with Crippen molar-refractivity contribution < 1.29 is 27.5 Å². The number of halogens is 3. The molecule has 1 aromatic rings. The quantitative estimate of drug-likeness (QED) is 0.487. The Bertz CT molecular complexity index is 565. The highest BCUT2D eigenvalue weighted by atomic mass is 19.4. The summed E-state index contributed by atoms with van der Waals surface area (Å²) in [6.45, 7) is 1.84. The molecule has 106 valence electrons. The van der Waals surface area contributed by atoms with Gasteiger partial charge in [0.05, 0.1) is 12.2 Å². The fourth-order valence-electron chi connectivity index (χ4n) is 1.39. The molecule has 0 spiro atoms. The van der Waals surface area contributed by atoms with Crippen molar-refractivity contribution in [3.63, 3.8) is 0 Å². The monoisotopic (exact) mass is 284 g/mol. The molecular weight excluding hydrogens is 273 g/mol. The second kappa shape index (κ2) is 6.75. The Kier molecular flexibility index (Phi) is 5.32. The molecule has 0 fully saturated rings. The SMILES string of the molecule is CCOC(=O)CC#Cc1cc(C=O)cc(C(F)(F)F)c1. The molecule has 0 radical (unpaired) electrons. The van der Waals surface area contributed by atoms with E-state index in [1.165, 1.54) is 6.07 Å². The summed E-state index contributed by atoms with van der Waals surface area (Å²) in [7, 11) is 0. The molecule has 0 saturated heterocycles. The maximum Gasteiger partial charge on any atom is 0.416 e. The van der Waals surface area contributed by atoms with Crippen LogP contribution in [0.4, 0.5) is 13.2 Å². The Morgan fingerprint density at radius 3 is 2.60 bits per heavy atom. The van der Waals surface area contributed by atoms with Crippen LogP contribution in [0.3, 0.4) is 0 Å². The van der Waals surface area contributed by atoms with Crippen LogP contribution in [0.15, 0.2) is 18.2 Å². The second-order valence-electron chi connectivity index (χ2n) is 3.74. The zero-order chi connectivity index (χ0) is 15.2. The van der Waals surface area contributed by atoms with Crippen molar-refractivity contribution in [1.29, 1.82) is 0 Å². The van der Waals surface area contributed by atoms with Crippen LogP contribution in [0.1, 0.15) is 34.8 Å². The van der Waals surface area contributed by atoms with Crippen LogP contribution in [-0.4, -0.2) is 18.9 Å². The average molecular weight is 284 g/mol. The van der Waals surface area contributed by atoms with Crippen LogP contribution in [0.2, 0.25) is 0 Å². The number of rotatable bonds is 3. The Morgan fingerprint density at radius 2 is 2.05 bits per heavy atom. The highest BCUT2D eigenvalue weighted by Gasteiger charge is 2.31. The molecule has 1 rings (SSSR count). The average Bonchev–Trinajstić information content (AvgIpc) is 2.37. The van der Waals surface area contributed by atoms with Gasteiger partial charge in [-0.1, -0.05) is 11.8 Å². The summed E-state index contributed by atoms with van der Waals surface area (Å²) in [5.74, 6) is 4.27. The first kappa shape index (κ1) is 15.8. The summed E-state index contributed by atoms with van der Waals surface area (Å²) < 4.78 is 42.4. The third kappa shape index (κ3) is 4.76. The number of hydrogen-bond acceptors (Lipinski definition) is 3. The molecule has 0 aliphatic carbocycles. The van der Waals surface area contributed by atoms with Gasteiger partial charge in [0.25, 0.3) is 0 Å². The van der Waals surface area contributed by atoms with Gasteiger partial charge in [0.15, 0.2) is 0 Å². The number of ether oxygens (including phenoxy) is 1. The van der Waals surface area contributed by atoms with E-state index in [-0.39, 0.29) is 24.2 Å². The molecular formula is C14H11F3O3. The summed E-state index contributed by atoms with van der Waals surface area (Å²) in [6.07, 6.45) is -4.47. The van der Waals surface area contributed by atoms with E-state index in [9.17, 15) is 22.8 Å². The second-order valence-corrected chi connectivity index (χ2v) is 3.74. The maximum atomic E-state index is 12.6. The minimum Gasteiger partial charge on any atom is -0.465 e. The van der Waals surface area contributed by atoms with Crippen LogP contribution in [0.25, 0.3) is 0 Å². The van der Waals surface area contributed by atoms with Crippen molar-refractivity contribution in [3.8, 4) is 11.8 Å². The summed E-state index contributed by atoms with van der Waals surface area (Å²) in [6, 6.07) is 2.79. The van der Waals surface area contributed by atoms with Crippen molar-refractivity contribution in [3.05, 3.63) is 34.9 Å². The van der Waals surface area contributed by atoms with E-state index >= 15 is 0 Å². The number of benzene rings is 1. The predicted molar refractivity (Wildman–Crippen MR) is 65.0 cm³/mol. The van der Waals surface area contributed by atoms with Crippen molar-refractivity contribution in [2.45, 2.75) is 19.5 Å². The lowest BCUT2D eigenvalue weighted by Gasteiger charge is -2.07. The van der Waals surface area contributed by atoms with Gasteiger partial charge in [-0.2, -0.15) is 13.2 Å². The van der Waals surface area contributed by atoms with E-state index in [4.69, 9.17) is 0 Å². The van der Waals surface area contributed by atoms with Gasteiger partial charge in [-0.3, -0.25) is 9.59 Å². The van der Waals surface area contributed by atoms with Crippen molar-refractivity contribution >= 4 is 12.3 Å². The highest BCUT2D eigenvalue weighted by molar-refractivity contribution is 5.76. The van der Waals surface area contributed by atoms with Gasteiger partial charge in [0.1, 0.15) is 12.7 Å². The largest absolute Gasteiger partial charge is 0.465 e. The molecule has 0 aliphatic rings. The van der Waals surface area contributed by atoms with Gasteiger partial charge in [-0.25, -0.2) is 0 Å². The lowest BCUT2D eigenvalue weighted by molar-refractivity contribution is -0.142. The van der Waals surface area contributed by atoms with E-state index in [0.717, 1.165) is 12.1 Å². The molecule has 0 unspecified atom stereocenters. The third-order valence-electron chi connectivity index (χ3n) is 2.19. The van der Waals surface area contributed by atoms with E-state index < -0.39 is 17.7 Å². The van der Waals surface area contributed by atoms with Gasteiger partial charge < -0.3 is 4.74 Å². The van der Waals surface area contributed by atoms with Gasteiger partial charge in [0, 0.05) is 11.1 Å². The lowest BCUT2D eigenvalue weighted by atomic mass is 10.1. The fourth-order valence-corrected chi connectivity index (χ4v) is 1.39. The summed E-state index contributed by atoms with van der Waals surface area (Å²) >= 11 is 0. The number of aldehydes is 1. The highest BCUT2D eigenvalue weighted by Crippen LogP contribution is 2.30. The first-order valence-electron chi connectivity index (χ1n) is 5.68. The number of hydrogen-bond donors (Lipinski definition) is 0. The van der Waals surface area contributed by atoms with E-state index in [1.54, 1.807) is 6.92 Å². The number of carbonyl (C=O) groups excluding carboxylic acids is 2. The molecule has 6 heteroatoms. The molecule has 0 amide bonds. The van der Waals surface area contributed by atoms with Crippen LogP contribution < -0.4 is 0 Å². The molecule has 3 nitrogen and oxygen atoms in total. The smallest absolute Gasteiger partial charge is 0.416 e. The number of esters is 1.